The van der Waals surface area contributed by atoms with Crippen molar-refractivity contribution in [1.82, 2.24) is 10.3 Å². The van der Waals surface area contributed by atoms with Crippen LogP contribution in [-0.2, 0) is 11.3 Å². The van der Waals surface area contributed by atoms with Gasteiger partial charge in [-0.25, -0.2) is 4.98 Å². The van der Waals surface area contributed by atoms with Crippen molar-refractivity contribution in [2.45, 2.75) is 64.2 Å². The Bertz CT molecular complexity index is 448. The predicted molar refractivity (Wildman–Crippen MR) is 84.8 cm³/mol. The molecular formula is C17H28N2O2. The van der Waals surface area contributed by atoms with Crippen molar-refractivity contribution in [1.29, 1.82) is 0 Å². The van der Waals surface area contributed by atoms with E-state index in [0.29, 0.717) is 12.0 Å². The molecule has 1 saturated carbocycles. The van der Waals surface area contributed by atoms with E-state index in [1.54, 1.807) is 7.11 Å². The first-order chi connectivity index (χ1) is 10.1. The van der Waals surface area contributed by atoms with Gasteiger partial charge in [0.1, 0.15) is 6.10 Å². The maximum absolute atomic E-state index is 6.15. The Labute approximate surface area is 128 Å². The number of nitrogens with zero attached hydrogens (tertiary/aromatic N) is 1. The molecular weight excluding hydrogens is 264 g/mol. The highest BCUT2D eigenvalue weighted by atomic mass is 16.5. The molecule has 1 aliphatic carbocycles. The molecule has 0 aromatic carbocycles. The number of hydrogen-bond acceptors (Lipinski definition) is 4. The summed E-state index contributed by atoms with van der Waals surface area (Å²) in [5, 5.41) is 3.19. The molecule has 1 fully saturated rings. The maximum Gasteiger partial charge on any atom is 0.214 e. The normalized spacial score (nSPS) is 22.5. The van der Waals surface area contributed by atoms with Crippen molar-refractivity contribution in [2.75, 3.05) is 14.2 Å². The fourth-order valence-corrected chi connectivity index (χ4v) is 2.84. The summed E-state index contributed by atoms with van der Waals surface area (Å²) in [5.74, 6) is 1.16. The summed E-state index contributed by atoms with van der Waals surface area (Å²) in [4.78, 5) is 4.67. The lowest BCUT2D eigenvalue weighted by Gasteiger charge is -2.28. The Morgan fingerprint density at radius 2 is 2.05 bits per heavy atom. The van der Waals surface area contributed by atoms with Gasteiger partial charge >= 0.3 is 0 Å². The van der Waals surface area contributed by atoms with Gasteiger partial charge in [0, 0.05) is 31.8 Å². The van der Waals surface area contributed by atoms with E-state index < -0.39 is 0 Å². The molecule has 0 radical (unpaired) electrons. The molecule has 4 heteroatoms. The van der Waals surface area contributed by atoms with Crippen molar-refractivity contribution >= 4 is 0 Å². The number of hydrogen-bond donors (Lipinski definition) is 1. The summed E-state index contributed by atoms with van der Waals surface area (Å²) in [6.07, 6.45) is 4.91. The van der Waals surface area contributed by atoms with Crippen LogP contribution in [0.3, 0.4) is 0 Å². The first kappa shape index (κ1) is 16.2. The van der Waals surface area contributed by atoms with Crippen LogP contribution in [0.1, 0.15) is 56.7 Å². The van der Waals surface area contributed by atoms with Gasteiger partial charge in [0.2, 0.25) is 5.88 Å². The average molecular weight is 292 g/mol. The fourth-order valence-electron chi connectivity index (χ4n) is 2.84. The summed E-state index contributed by atoms with van der Waals surface area (Å²) < 4.78 is 11.6. The van der Waals surface area contributed by atoms with E-state index in [1.165, 1.54) is 5.56 Å². The number of methoxy groups -OCH3 is 1. The minimum Gasteiger partial charge on any atom is -0.474 e. The minimum absolute atomic E-state index is 0.223. The van der Waals surface area contributed by atoms with Crippen molar-refractivity contribution in [3.05, 3.63) is 23.4 Å². The van der Waals surface area contributed by atoms with E-state index in [4.69, 9.17) is 9.47 Å². The van der Waals surface area contributed by atoms with E-state index in [1.807, 2.05) is 7.05 Å². The molecule has 0 amide bonds. The highest BCUT2D eigenvalue weighted by Crippen LogP contribution is 2.26. The Balaban J connectivity index is 2.10. The molecule has 0 saturated heterocycles. The molecule has 2 atom stereocenters. The zero-order chi connectivity index (χ0) is 15.2. The Hall–Kier alpha value is -1.13. The summed E-state index contributed by atoms with van der Waals surface area (Å²) in [6, 6.07) is 4.21. The molecule has 0 bridgehead atoms. The van der Waals surface area contributed by atoms with E-state index in [0.717, 1.165) is 43.8 Å². The SMILES string of the molecule is CNCc1cc(OC2CCCC(OC)C2)nc(C(C)C)c1. The lowest BCUT2D eigenvalue weighted by molar-refractivity contribution is 0.0194. The zero-order valence-corrected chi connectivity index (χ0v) is 13.7. The minimum atomic E-state index is 0.223. The molecule has 2 unspecified atom stereocenters. The van der Waals surface area contributed by atoms with Crippen LogP contribution in [0.2, 0.25) is 0 Å². The third kappa shape index (κ3) is 4.68. The Morgan fingerprint density at radius 3 is 2.71 bits per heavy atom. The summed E-state index contributed by atoms with van der Waals surface area (Å²) in [7, 11) is 3.75. The van der Waals surface area contributed by atoms with Crippen LogP contribution in [0.4, 0.5) is 0 Å². The van der Waals surface area contributed by atoms with Crippen LogP contribution in [-0.4, -0.2) is 31.3 Å². The highest BCUT2D eigenvalue weighted by Gasteiger charge is 2.23. The summed E-state index contributed by atoms with van der Waals surface area (Å²) in [5.41, 5.74) is 2.32. The fraction of sp³-hybridized carbons (Fsp3) is 0.706. The van der Waals surface area contributed by atoms with Crippen molar-refractivity contribution < 1.29 is 9.47 Å². The molecule has 2 rings (SSSR count). The molecule has 1 aromatic rings. The zero-order valence-electron chi connectivity index (χ0n) is 13.7. The first-order valence-electron chi connectivity index (χ1n) is 7.97. The number of ether oxygens (including phenoxy) is 2. The van der Waals surface area contributed by atoms with Gasteiger partial charge in [0.15, 0.2) is 0 Å². The quantitative estimate of drug-likeness (QED) is 0.874. The second-order valence-electron chi connectivity index (χ2n) is 6.19. The topological polar surface area (TPSA) is 43.4 Å². The van der Waals surface area contributed by atoms with Crippen LogP contribution in [0, 0.1) is 0 Å². The van der Waals surface area contributed by atoms with E-state index in [2.05, 4.69) is 36.3 Å². The van der Waals surface area contributed by atoms with Crippen molar-refractivity contribution in [2.24, 2.45) is 0 Å². The molecule has 0 aliphatic heterocycles. The van der Waals surface area contributed by atoms with E-state index >= 15 is 0 Å². The first-order valence-corrected chi connectivity index (χ1v) is 7.97. The number of aromatic nitrogens is 1. The lowest BCUT2D eigenvalue weighted by atomic mass is 9.95. The van der Waals surface area contributed by atoms with Crippen LogP contribution in [0.15, 0.2) is 12.1 Å². The van der Waals surface area contributed by atoms with Gasteiger partial charge < -0.3 is 14.8 Å². The van der Waals surface area contributed by atoms with Crippen molar-refractivity contribution in [3.63, 3.8) is 0 Å². The van der Waals surface area contributed by atoms with E-state index in [9.17, 15) is 0 Å². The third-order valence-corrected chi connectivity index (χ3v) is 4.05. The molecule has 1 heterocycles. The molecule has 1 aliphatic rings. The summed E-state index contributed by atoms with van der Waals surface area (Å²) >= 11 is 0. The maximum atomic E-state index is 6.15. The summed E-state index contributed by atoms with van der Waals surface area (Å²) in [6.45, 7) is 5.16. The van der Waals surface area contributed by atoms with Gasteiger partial charge in [-0.2, -0.15) is 0 Å². The Morgan fingerprint density at radius 1 is 1.29 bits per heavy atom. The van der Waals surface area contributed by atoms with Gasteiger partial charge in [0.05, 0.1) is 6.10 Å². The molecule has 1 N–H and O–H groups in total. The van der Waals surface area contributed by atoms with E-state index in [-0.39, 0.29) is 6.10 Å². The third-order valence-electron chi connectivity index (χ3n) is 4.05. The van der Waals surface area contributed by atoms with Crippen LogP contribution < -0.4 is 10.1 Å². The monoisotopic (exact) mass is 292 g/mol. The van der Waals surface area contributed by atoms with Crippen molar-refractivity contribution in [3.8, 4) is 5.88 Å². The van der Waals surface area contributed by atoms with Gasteiger partial charge in [-0.1, -0.05) is 13.8 Å². The number of rotatable bonds is 6. The standard InChI is InChI=1S/C17H28N2O2/c1-12(2)16-8-13(11-18-3)9-17(19-16)21-15-7-5-6-14(10-15)20-4/h8-9,12,14-15,18H,5-7,10-11H2,1-4H3. The largest absolute Gasteiger partial charge is 0.474 e. The number of nitrogens with one attached hydrogen (secondary N) is 1. The Kier molecular flexibility index (Phi) is 6.00. The molecule has 0 spiro atoms. The second-order valence-corrected chi connectivity index (χ2v) is 6.19. The molecule has 1 aromatic heterocycles. The lowest BCUT2D eigenvalue weighted by Crippen LogP contribution is -2.29. The highest BCUT2D eigenvalue weighted by molar-refractivity contribution is 5.27. The van der Waals surface area contributed by atoms with Gasteiger partial charge in [-0.15, -0.1) is 0 Å². The predicted octanol–water partition coefficient (Wildman–Crippen LogP) is 3.26. The molecule has 4 nitrogen and oxygen atoms in total. The average Bonchev–Trinajstić information content (AvgIpc) is 2.47. The van der Waals surface area contributed by atoms with Crippen LogP contribution in [0.25, 0.3) is 0 Å². The molecule has 118 valence electrons. The van der Waals surface area contributed by atoms with Gasteiger partial charge in [-0.05, 0) is 43.9 Å². The van der Waals surface area contributed by atoms with Crippen LogP contribution in [0.5, 0.6) is 5.88 Å². The van der Waals surface area contributed by atoms with Gasteiger partial charge in [-0.3, -0.25) is 0 Å². The molecule has 21 heavy (non-hydrogen) atoms. The van der Waals surface area contributed by atoms with Gasteiger partial charge in [0.25, 0.3) is 0 Å². The number of pyridine rings is 1. The second kappa shape index (κ2) is 7.76. The van der Waals surface area contributed by atoms with Crippen LogP contribution >= 0.6 is 0 Å². The smallest absolute Gasteiger partial charge is 0.214 e.